The average molecular weight is 277 g/mol. The lowest BCUT2D eigenvalue weighted by Gasteiger charge is -2.08. The summed E-state index contributed by atoms with van der Waals surface area (Å²) in [6.07, 6.45) is 2.97. The van der Waals surface area contributed by atoms with Crippen LogP contribution in [0.25, 0.3) is 0 Å². The average Bonchev–Trinajstić information content (AvgIpc) is 2.87. The summed E-state index contributed by atoms with van der Waals surface area (Å²) in [4.78, 5) is 22.8. The van der Waals surface area contributed by atoms with Crippen LogP contribution in [0.2, 0.25) is 0 Å². The van der Waals surface area contributed by atoms with E-state index >= 15 is 0 Å². The van der Waals surface area contributed by atoms with Gasteiger partial charge in [-0.15, -0.1) is 0 Å². The zero-order valence-electron chi connectivity index (χ0n) is 11.2. The van der Waals surface area contributed by atoms with Gasteiger partial charge in [0.1, 0.15) is 11.6 Å². The zero-order chi connectivity index (χ0) is 14.5. The predicted molar refractivity (Wildman–Crippen MR) is 71.0 cm³/mol. The third-order valence-corrected chi connectivity index (χ3v) is 2.55. The Morgan fingerprint density at radius 2 is 2.30 bits per heavy atom. The molecule has 106 valence electrons. The maximum atomic E-state index is 10.7. The number of carbonyl (C=O) groups is 1. The van der Waals surface area contributed by atoms with E-state index in [4.69, 9.17) is 9.84 Å². The van der Waals surface area contributed by atoms with Gasteiger partial charge in [0.2, 0.25) is 5.88 Å². The minimum atomic E-state index is -1.03. The number of aryl methyl sites for hydroxylation is 1. The minimum absolute atomic E-state index is 0.0320. The third-order valence-electron chi connectivity index (χ3n) is 2.55. The molecule has 0 spiro atoms. The molecule has 0 unspecified atom stereocenters. The van der Waals surface area contributed by atoms with Crippen LogP contribution < -0.4 is 10.1 Å². The van der Waals surface area contributed by atoms with Crippen molar-refractivity contribution in [1.82, 2.24) is 19.5 Å². The molecule has 0 amide bonds. The molecule has 2 rings (SSSR count). The highest BCUT2D eigenvalue weighted by molar-refractivity contribution is 5.84. The van der Waals surface area contributed by atoms with E-state index in [-0.39, 0.29) is 5.69 Å². The molecule has 0 atom stereocenters. The SMILES string of the molecule is COc1cc(NCCn2cnc(C(=O)O)c2)nc(C)n1. The minimum Gasteiger partial charge on any atom is -0.481 e. The molecule has 0 bridgehead atoms. The van der Waals surface area contributed by atoms with Crippen molar-refractivity contribution in [2.45, 2.75) is 13.5 Å². The number of aromatic nitrogens is 4. The molecule has 8 heteroatoms. The highest BCUT2D eigenvalue weighted by atomic mass is 16.5. The van der Waals surface area contributed by atoms with Crippen molar-refractivity contribution in [2.75, 3.05) is 19.0 Å². The fourth-order valence-corrected chi connectivity index (χ4v) is 1.64. The molecule has 2 aromatic heterocycles. The standard InChI is InChI=1S/C12H15N5O3/c1-8-15-10(5-11(16-8)20-2)13-3-4-17-6-9(12(18)19)14-7-17/h5-7H,3-4H2,1-2H3,(H,18,19)(H,13,15,16). The fraction of sp³-hybridized carbons (Fsp3) is 0.333. The van der Waals surface area contributed by atoms with Gasteiger partial charge >= 0.3 is 5.97 Å². The second-order valence-corrected chi connectivity index (χ2v) is 4.07. The number of nitrogens with one attached hydrogen (secondary N) is 1. The van der Waals surface area contributed by atoms with E-state index in [9.17, 15) is 4.79 Å². The lowest BCUT2D eigenvalue weighted by atomic mass is 10.5. The molecular weight excluding hydrogens is 262 g/mol. The van der Waals surface area contributed by atoms with E-state index in [0.717, 1.165) is 0 Å². The van der Waals surface area contributed by atoms with Gasteiger partial charge in [0, 0.05) is 25.4 Å². The van der Waals surface area contributed by atoms with E-state index in [2.05, 4.69) is 20.3 Å². The lowest BCUT2D eigenvalue weighted by Crippen LogP contribution is -2.11. The monoisotopic (exact) mass is 277 g/mol. The number of ether oxygens (including phenoxy) is 1. The molecule has 2 N–H and O–H groups in total. The number of hydrogen-bond acceptors (Lipinski definition) is 6. The first-order valence-corrected chi connectivity index (χ1v) is 5.97. The van der Waals surface area contributed by atoms with Crippen LogP contribution in [0.1, 0.15) is 16.3 Å². The van der Waals surface area contributed by atoms with E-state index in [1.807, 2.05) is 0 Å². The molecular formula is C12H15N5O3. The Hall–Kier alpha value is -2.64. The number of aromatic carboxylic acids is 1. The van der Waals surface area contributed by atoms with Gasteiger partial charge in [-0.1, -0.05) is 0 Å². The predicted octanol–water partition coefficient (Wildman–Crippen LogP) is 0.800. The fourth-order valence-electron chi connectivity index (χ4n) is 1.64. The number of carboxylic acid groups (broad SMARTS) is 1. The molecule has 0 saturated carbocycles. The second kappa shape index (κ2) is 6.00. The molecule has 0 aliphatic rings. The maximum Gasteiger partial charge on any atom is 0.356 e. The number of hydrogen-bond donors (Lipinski definition) is 2. The summed E-state index contributed by atoms with van der Waals surface area (Å²) < 4.78 is 6.75. The third kappa shape index (κ3) is 3.44. The van der Waals surface area contributed by atoms with Gasteiger partial charge in [-0.05, 0) is 6.92 Å². The van der Waals surface area contributed by atoms with Crippen molar-refractivity contribution in [3.8, 4) is 5.88 Å². The van der Waals surface area contributed by atoms with Crippen molar-refractivity contribution in [2.24, 2.45) is 0 Å². The van der Waals surface area contributed by atoms with Crippen LogP contribution in [0.15, 0.2) is 18.6 Å². The van der Waals surface area contributed by atoms with E-state index in [1.54, 1.807) is 24.7 Å². The molecule has 0 aliphatic carbocycles. The maximum absolute atomic E-state index is 10.7. The Morgan fingerprint density at radius 3 is 2.95 bits per heavy atom. The Labute approximate surface area is 115 Å². The van der Waals surface area contributed by atoms with Crippen molar-refractivity contribution in [3.63, 3.8) is 0 Å². The summed E-state index contributed by atoms with van der Waals surface area (Å²) in [5, 5.41) is 11.9. The van der Waals surface area contributed by atoms with Crippen LogP contribution >= 0.6 is 0 Å². The Kier molecular flexibility index (Phi) is 4.14. The van der Waals surface area contributed by atoms with Gasteiger partial charge in [-0.25, -0.2) is 14.8 Å². The summed E-state index contributed by atoms with van der Waals surface area (Å²) in [7, 11) is 1.55. The van der Waals surface area contributed by atoms with Crippen LogP contribution in [0.4, 0.5) is 5.82 Å². The first kappa shape index (κ1) is 13.8. The van der Waals surface area contributed by atoms with Gasteiger partial charge in [-0.2, -0.15) is 4.98 Å². The van der Waals surface area contributed by atoms with Crippen LogP contribution in [0.3, 0.4) is 0 Å². The van der Waals surface area contributed by atoms with E-state index in [1.165, 1.54) is 12.5 Å². The van der Waals surface area contributed by atoms with Crippen LogP contribution in [-0.4, -0.2) is 44.2 Å². The smallest absolute Gasteiger partial charge is 0.356 e. The topological polar surface area (TPSA) is 102 Å². The first-order chi connectivity index (χ1) is 9.58. The second-order valence-electron chi connectivity index (χ2n) is 4.07. The van der Waals surface area contributed by atoms with Gasteiger partial charge in [0.15, 0.2) is 5.69 Å². The molecule has 0 fully saturated rings. The molecule has 0 radical (unpaired) electrons. The highest BCUT2D eigenvalue weighted by Crippen LogP contribution is 2.12. The Balaban J connectivity index is 1.92. The first-order valence-electron chi connectivity index (χ1n) is 5.97. The Morgan fingerprint density at radius 1 is 1.50 bits per heavy atom. The van der Waals surface area contributed by atoms with Gasteiger partial charge < -0.3 is 19.7 Å². The van der Waals surface area contributed by atoms with E-state index < -0.39 is 5.97 Å². The molecule has 2 heterocycles. The number of methoxy groups -OCH3 is 1. The molecule has 20 heavy (non-hydrogen) atoms. The van der Waals surface area contributed by atoms with Gasteiger partial charge in [0.05, 0.1) is 13.4 Å². The normalized spacial score (nSPS) is 10.3. The number of imidazole rings is 1. The van der Waals surface area contributed by atoms with Crippen LogP contribution in [0.5, 0.6) is 5.88 Å². The summed E-state index contributed by atoms with van der Waals surface area (Å²) in [6.45, 7) is 2.93. The zero-order valence-corrected chi connectivity index (χ0v) is 11.2. The molecule has 8 nitrogen and oxygen atoms in total. The van der Waals surface area contributed by atoms with Crippen molar-refractivity contribution < 1.29 is 14.6 Å². The van der Waals surface area contributed by atoms with Crippen LogP contribution in [-0.2, 0) is 6.54 Å². The van der Waals surface area contributed by atoms with Gasteiger partial charge in [0.25, 0.3) is 0 Å². The number of nitrogens with zero attached hydrogens (tertiary/aromatic N) is 4. The lowest BCUT2D eigenvalue weighted by molar-refractivity contribution is 0.0691. The number of carboxylic acids is 1. The summed E-state index contributed by atoms with van der Waals surface area (Å²) in [5.41, 5.74) is 0.0320. The quantitative estimate of drug-likeness (QED) is 0.805. The van der Waals surface area contributed by atoms with E-state index in [0.29, 0.717) is 30.6 Å². The summed E-state index contributed by atoms with van der Waals surface area (Å²) in [6, 6.07) is 1.70. The summed E-state index contributed by atoms with van der Waals surface area (Å²) in [5.74, 6) is 0.735. The van der Waals surface area contributed by atoms with Crippen molar-refractivity contribution in [1.29, 1.82) is 0 Å². The summed E-state index contributed by atoms with van der Waals surface area (Å²) >= 11 is 0. The largest absolute Gasteiger partial charge is 0.481 e. The van der Waals surface area contributed by atoms with Crippen LogP contribution in [0, 0.1) is 6.92 Å². The Bertz CT molecular complexity index is 611. The van der Waals surface area contributed by atoms with Crippen molar-refractivity contribution >= 4 is 11.8 Å². The number of rotatable bonds is 6. The molecule has 2 aromatic rings. The highest BCUT2D eigenvalue weighted by Gasteiger charge is 2.06. The van der Waals surface area contributed by atoms with Crippen molar-refractivity contribution in [3.05, 3.63) is 30.1 Å². The van der Waals surface area contributed by atoms with Gasteiger partial charge in [-0.3, -0.25) is 0 Å². The molecule has 0 aliphatic heterocycles. The molecule has 0 saturated heterocycles. The molecule has 0 aromatic carbocycles. The number of anilines is 1.